The summed E-state index contributed by atoms with van der Waals surface area (Å²) in [5, 5.41) is 10.6. The van der Waals surface area contributed by atoms with Gasteiger partial charge >= 0.3 is 0 Å². The Morgan fingerprint density at radius 2 is 1.65 bits per heavy atom. The number of rotatable bonds is 4. The van der Waals surface area contributed by atoms with Gasteiger partial charge in [0, 0.05) is 9.26 Å². The molecule has 0 radical (unpaired) electrons. The van der Waals surface area contributed by atoms with Gasteiger partial charge in [0.25, 0.3) is 10.0 Å². The average molecular weight is 402 g/mol. The van der Waals surface area contributed by atoms with Gasteiger partial charge in [-0.2, -0.15) is 0 Å². The number of aromatic carboxylic acids is 1. The zero-order valence-electron chi connectivity index (χ0n) is 10.0. The molecule has 0 aliphatic rings. The molecule has 0 spiro atoms. The van der Waals surface area contributed by atoms with Gasteiger partial charge in [0.05, 0.1) is 5.97 Å². The second kappa shape index (κ2) is 5.80. The summed E-state index contributed by atoms with van der Waals surface area (Å²) in [6.45, 7) is 0. The van der Waals surface area contributed by atoms with Crippen LogP contribution in [0.2, 0.25) is 0 Å². The highest BCUT2D eigenvalue weighted by molar-refractivity contribution is 14.1. The number of anilines is 1. The lowest BCUT2D eigenvalue weighted by molar-refractivity contribution is -0.255. The van der Waals surface area contributed by atoms with E-state index in [2.05, 4.69) is 4.72 Å². The molecule has 7 heteroatoms. The van der Waals surface area contributed by atoms with E-state index in [1.165, 1.54) is 30.3 Å². The van der Waals surface area contributed by atoms with Crippen molar-refractivity contribution in [2.24, 2.45) is 0 Å². The molecule has 0 fully saturated rings. The zero-order valence-corrected chi connectivity index (χ0v) is 13.0. The number of carboxylic acids is 1. The monoisotopic (exact) mass is 402 g/mol. The summed E-state index contributed by atoms with van der Waals surface area (Å²) in [6, 6.07) is 11.9. The largest absolute Gasteiger partial charge is 0.545 e. The predicted molar refractivity (Wildman–Crippen MR) is 80.7 cm³/mol. The molecule has 0 aromatic heterocycles. The summed E-state index contributed by atoms with van der Waals surface area (Å²) < 4.78 is 27.4. The first-order valence-corrected chi connectivity index (χ1v) is 8.05. The average Bonchev–Trinajstić information content (AvgIpc) is 2.39. The number of benzene rings is 2. The molecule has 0 amide bonds. The first-order valence-electron chi connectivity index (χ1n) is 5.49. The number of hydrogen-bond acceptors (Lipinski definition) is 4. The van der Waals surface area contributed by atoms with Crippen molar-refractivity contribution in [2.45, 2.75) is 4.90 Å². The lowest BCUT2D eigenvalue weighted by Gasteiger charge is -2.10. The number of hydrogen-bond donors (Lipinski definition) is 1. The van der Waals surface area contributed by atoms with Crippen LogP contribution in [0.5, 0.6) is 0 Å². The number of carboxylic acid groups (broad SMARTS) is 1. The van der Waals surface area contributed by atoms with Gasteiger partial charge in [-0.1, -0.05) is 24.3 Å². The lowest BCUT2D eigenvalue weighted by Crippen LogP contribution is -2.22. The fourth-order valence-electron chi connectivity index (χ4n) is 1.55. The number of sulfonamides is 1. The van der Waals surface area contributed by atoms with E-state index >= 15 is 0 Å². The number of halogens is 1. The van der Waals surface area contributed by atoms with E-state index in [0.29, 0.717) is 3.57 Å². The van der Waals surface area contributed by atoms with Crippen LogP contribution in [0.4, 0.5) is 5.69 Å². The van der Waals surface area contributed by atoms with Gasteiger partial charge in [-0.05, 0) is 52.4 Å². The van der Waals surface area contributed by atoms with Gasteiger partial charge in [-0.3, -0.25) is 4.72 Å². The van der Waals surface area contributed by atoms with Crippen molar-refractivity contribution in [3.63, 3.8) is 0 Å². The van der Waals surface area contributed by atoms with Gasteiger partial charge in [-0.15, -0.1) is 0 Å². The summed E-state index contributed by atoms with van der Waals surface area (Å²) in [4.78, 5) is 10.8. The molecule has 0 bridgehead atoms. The topological polar surface area (TPSA) is 86.3 Å². The van der Waals surface area contributed by atoms with Crippen LogP contribution in [0.15, 0.2) is 53.4 Å². The Morgan fingerprint density at radius 3 is 2.20 bits per heavy atom. The second-order valence-corrected chi connectivity index (χ2v) is 6.71. The molecular formula is C13H9INO4S-. The quantitative estimate of drug-likeness (QED) is 0.785. The Kier molecular flexibility index (Phi) is 4.29. The zero-order chi connectivity index (χ0) is 14.8. The van der Waals surface area contributed by atoms with Crippen molar-refractivity contribution in [1.82, 2.24) is 0 Å². The van der Waals surface area contributed by atoms with Crippen LogP contribution in [0, 0.1) is 3.57 Å². The Hall–Kier alpha value is -1.61. The molecule has 0 heterocycles. The third-order valence-corrected chi connectivity index (χ3v) is 5.25. The summed E-state index contributed by atoms with van der Waals surface area (Å²) in [6.07, 6.45) is 0. The maximum atomic E-state index is 12.2. The van der Waals surface area contributed by atoms with Crippen molar-refractivity contribution in [3.05, 3.63) is 57.7 Å². The molecule has 104 valence electrons. The molecule has 0 saturated heterocycles. The number of carbonyl (C=O) groups is 1. The minimum atomic E-state index is -3.70. The van der Waals surface area contributed by atoms with Crippen molar-refractivity contribution < 1.29 is 18.3 Å². The summed E-state index contributed by atoms with van der Waals surface area (Å²) in [5.41, 5.74) is 0.275. The van der Waals surface area contributed by atoms with Crippen LogP contribution in [0.1, 0.15) is 10.4 Å². The molecule has 20 heavy (non-hydrogen) atoms. The third-order valence-electron chi connectivity index (χ3n) is 2.50. The van der Waals surface area contributed by atoms with Crippen molar-refractivity contribution >= 4 is 44.3 Å². The fourth-order valence-corrected chi connectivity index (χ4v) is 3.94. The smallest absolute Gasteiger partial charge is 0.262 e. The SMILES string of the molecule is O=C([O-])c1ccc(NS(=O)(=O)c2ccccc2I)cc1. The minimum absolute atomic E-state index is 0.0118. The second-order valence-electron chi connectivity index (χ2n) is 3.90. The summed E-state index contributed by atoms with van der Waals surface area (Å²) >= 11 is 1.94. The first kappa shape index (κ1) is 14.8. The van der Waals surface area contributed by atoms with Crippen LogP contribution >= 0.6 is 22.6 Å². The molecule has 0 unspecified atom stereocenters. The van der Waals surface area contributed by atoms with E-state index in [-0.39, 0.29) is 16.1 Å². The first-order chi connectivity index (χ1) is 9.40. The standard InChI is InChI=1S/C13H10INO4S/c14-11-3-1-2-4-12(11)20(18,19)15-10-7-5-9(6-8-10)13(16)17/h1-8,15H,(H,16,17)/p-1. The van der Waals surface area contributed by atoms with Crippen LogP contribution < -0.4 is 9.83 Å². The Labute approximate surface area is 129 Å². The Balaban J connectivity index is 2.29. The van der Waals surface area contributed by atoms with Crippen LogP contribution in [-0.2, 0) is 10.0 Å². The van der Waals surface area contributed by atoms with Crippen molar-refractivity contribution in [1.29, 1.82) is 0 Å². The van der Waals surface area contributed by atoms with Gasteiger partial charge in [-0.25, -0.2) is 8.42 Å². The summed E-state index contributed by atoms with van der Waals surface area (Å²) in [7, 11) is -3.70. The molecule has 0 atom stereocenters. The fraction of sp³-hybridized carbons (Fsp3) is 0. The molecule has 1 N–H and O–H groups in total. The maximum absolute atomic E-state index is 12.2. The van der Waals surface area contributed by atoms with Crippen molar-refractivity contribution in [2.75, 3.05) is 4.72 Å². The Morgan fingerprint density at radius 1 is 1.05 bits per heavy atom. The predicted octanol–water partition coefficient (Wildman–Crippen LogP) is 1.46. The van der Waals surface area contributed by atoms with E-state index in [1.54, 1.807) is 18.2 Å². The molecular weight excluding hydrogens is 393 g/mol. The van der Waals surface area contributed by atoms with Crippen molar-refractivity contribution in [3.8, 4) is 0 Å². The van der Waals surface area contributed by atoms with Gasteiger partial charge in [0.1, 0.15) is 4.90 Å². The van der Waals surface area contributed by atoms with E-state index in [4.69, 9.17) is 0 Å². The highest BCUT2D eigenvalue weighted by atomic mass is 127. The number of nitrogens with one attached hydrogen (secondary N) is 1. The molecule has 0 aliphatic heterocycles. The molecule has 0 aliphatic carbocycles. The molecule has 2 aromatic rings. The molecule has 2 rings (SSSR count). The van der Waals surface area contributed by atoms with Gasteiger partial charge in [0.15, 0.2) is 0 Å². The molecule has 2 aromatic carbocycles. The molecule has 5 nitrogen and oxygen atoms in total. The summed E-state index contributed by atoms with van der Waals surface area (Å²) in [5.74, 6) is -1.31. The van der Waals surface area contributed by atoms with Gasteiger partial charge < -0.3 is 9.90 Å². The highest BCUT2D eigenvalue weighted by Crippen LogP contribution is 2.21. The van der Waals surface area contributed by atoms with E-state index in [1.807, 2.05) is 22.6 Å². The third kappa shape index (κ3) is 3.28. The van der Waals surface area contributed by atoms with Crippen LogP contribution in [-0.4, -0.2) is 14.4 Å². The van der Waals surface area contributed by atoms with E-state index < -0.39 is 16.0 Å². The highest BCUT2D eigenvalue weighted by Gasteiger charge is 2.16. The lowest BCUT2D eigenvalue weighted by atomic mass is 10.2. The minimum Gasteiger partial charge on any atom is -0.545 e. The van der Waals surface area contributed by atoms with Gasteiger partial charge in [0.2, 0.25) is 0 Å². The molecule has 0 saturated carbocycles. The normalized spacial score (nSPS) is 11.1. The number of carbonyl (C=O) groups excluding carboxylic acids is 1. The maximum Gasteiger partial charge on any atom is 0.262 e. The van der Waals surface area contributed by atoms with Crippen LogP contribution in [0.3, 0.4) is 0 Å². The Bertz CT molecular complexity index is 741. The van der Waals surface area contributed by atoms with Crippen LogP contribution in [0.25, 0.3) is 0 Å². The van der Waals surface area contributed by atoms with E-state index in [9.17, 15) is 18.3 Å². The van der Waals surface area contributed by atoms with E-state index in [0.717, 1.165) is 0 Å².